The number of para-hydroxylation sites is 1. The number of hydrogen-bond donors (Lipinski definition) is 1. The highest BCUT2D eigenvalue weighted by Gasteiger charge is 2.16. The van der Waals surface area contributed by atoms with Crippen molar-refractivity contribution in [2.45, 2.75) is 37.6 Å². The van der Waals surface area contributed by atoms with Crippen LogP contribution in [0.4, 0.5) is 5.69 Å². The molecular weight excluding hydrogens is 438 g/mol. The summed E-state index contributed by atoms with van der Waals surface area (Å²) >= 11 is 1.48. The molecule has 0 amide bonds. The fourth-order valence-corrected chi connectivity index (χ4v) is 4.75. The molecule has 0 unspecified atom stereocenters. The zero-order valence-electron chi connectivity index (χ0n) is 18.1. The lowest BCUT2D eigenvalue weighted by atomic mass is 10.1. The van der Waals surface area contributed by atoms with Crippen LogP contribution in [0.3, 0.4) is 0 Å². The van der Waals surface area contributed by atoms with Gasteiger partial charge in [0, 0.05) is 35.4 Å². The number of nitro benzene ring substituents is 1. The Balaban J connectivity index is 1.48. The lowest BCUT2D eigenvalue weighted by Crippen LogP contribution is -2.00. The molecule has 5 rings (SSSR count). The van der Waals surface area contributed by atoms with Gasteiger partial charge in [0.25, 0.3) is 5.69 Å². The molecule has 166 valence electrons. The normalized spacial score (nSPS) is 11.5. The third kappa shape index (κ3) is 4.17. The van der Waals surface area contributed by atoms with E-state index in [9.17, 15) is 10.1 Å². The molecule has 1 N–H and O–H groups in total. The Labute approximate surface area is 193 Å². The van der Waals surface area contributed by atoms with E-state index >= 15 is 0 Å². The van der Waals surface area contributed by atoms with Crippen molar-refractivity contribution in [1.82, 2.24) is 29.8 Å². The zero-order valence-corrected chi connectivity index (χ0v) is 19.0. The molecule has 0 aliphatic rings. The Morgan fingerprint density at radius 3 is 2.73 bits per heavy atom. The van der Waals surface area contributed by atoms with Crippen LogP contribution in [0, 0.1) is 24.0 Å². The molecule has 3 heterocycles. The number of hydrogen-bond acceptors (Lipinski definition) is 7. The maximum absolute atomic E-state index is 11.1. The van der Waals surface area contributed by atoms with Crippen LogP contribution < -0.4 is 0 Å². The van der Waals surface area contributed by atoms with E-state index in [0.717, 1.165) is 45.7 Å². The molecule has 0 radical (unpaired) electrons. The Bertz CT molecular complexity index is 1470. The molecule has 0 bridgehead atoms. The first-order valence-corrected chi connectivity index (χ1v) is 11.5. The van der Waals surface area contributed by atoms with Gasteiger partial charge in [-0.2, -0.15) is 9.61 Å². The Morgan fingerprint density at radius 2 is 1.94 bits per heavy atom. The van der Waals surface area contributed by atoms with Gasteiger partial charge in [-0.25, -0.2) is 9.97 Å². The third-order valence-corrected chi connectivity index (χ3v) is 6.56. The summed E-state index contributed by atoms with van der Waals surface area (Å²) in [6.45, 7) is 4.02. The van der Waals surface area contributed by atoms with Crippen molar-refractivity contribution < 1.29 is 4.92 Å². The standard InChI is InChI=1S/C23H21N7O2S/c1-14-18(15(2)27-26-14)10-11-21-25-22-19-8-3-4-9-20(19)24-23(29(22)28-21)33-13-16-6-5-7-17(12-16)30(31)32/h3-9,12H,10-11,13H2,1-2H3,(H,26,27). The van der Waals surface area contributed by atoms with Gasteiger partial charge in [0.05, 0.1) is 16.1 Å². The molecule has 0 fully saturated rings. The molecule has 3 aromatic heterocycles. The van der Waals surface area contributed by atoms with Crippen LogP contribution in [0.15, 0.2) is 53.7 Å². The molecular formula is C23H21N7O2S. The molecule has 5 aromatic rings. The lowest BCUT2D eigenvalue weighted by molar-refractivity contribution is -0.384. The minimum absolute atomic E-state index is 0.0811. The van der Waals surface area contributed by atoms with Crippen molar-refractivity contribution in [2.75, 3.05) is 0 Å². The average molecular weight is 460 g/mol. The van der Waals surface area contributed by atoms with Crippen LogP contribution in [-0.4, -0.2) is 34.7 Å². The average Bonchev–Trinajstić information content (AvgIpc) is 3.39. The van der Waals surface area contributed by atoms with E-state index < -0.39 is 0 Å². The van der Waals surface area contributed by atoms with Crippen LogP contribution in [0.1, 0.15) is 28.3 Å². The molecule has 9 nitrogen and oxygen atoms in total. The maximum Gasteiger partial charge on any atom is 0.269 e. The molecule has 2 aromatic carbocycles. The van der Waals surface area contributed by atoms with Gasteiger partial charge in [-0.1, -0.05) is 36.0 Å². The number of thioether (sulfide) groups is 1. The number of aryl methyl sites for hydroxylation is 3. The van der Waals surface area contributed by atoms with Gasteiger partial charge in [0.15, 0.2) is 16.6 Å². The summed E-state index contributed by atoms with van der Waals surface area (Å²) in [6.07, 6.45) is 1.48. The van der Waals surface area contributed by atoms with Crippen molar-refractivity contribution in [3.05, 3.63) is 87.0 Å². The Kier molecular flexibility index (Phi) is 5.51. The molecule has 0 saturated heterocycles. The van der Waals surface area contributed by atoms with Crippen LogP contribution in [-0.2, 0) is 18.6 Å². The first-order valence-electron chi connectivity index (χ1n) is 10.5. The highest BCUT2D eigenvalue weighted by atomic mass is 32.2. The first-order chi connectivity index (χ1) is 16.0. The molecule has 0 aliphatic carbocycles. The van der Waals surface area contributed by atoms with Crippen LogP contribution in [0.25, 0.3) is 16.6 Å². The summed E-state index contributed by atoms with van der Waals surface area (Å²) in [5.74, 6) is 1.27. The largest absolute Gasteiger partial charge is 0.282 e. The number of benzene rings is 2. The summed E-state index contributed by atoms with van der Waals surface area (Å²) in [5.41, 5.74) is 5.79. The number of fused-ring (bicyclic) bond motifs is 3. The predicted octanol–water partition coefficient (Wildman–Crippen LogP) is 4.60. The van der Waals surface area contributed by atoms with Crippen LogP contribution in [0.5, 0.6) is 0 Å². The van der Waals surface area contributed by atoms with Crippen LogP contribution >= 0.6 is 11.8 Å². The van der Waals surface area contributed by atoms with Crippen molar-refractivity contribution in [3.8, 4) is 0 Å². The van der Waals surface area contributed by atoms with E-state index in [0.29, 0.717) is 17.3 Å². The van der Waals surface area contributed by atoms with E-state index in [4.69, 9.17) is 15.1 Å². The number of aromatic amines is 1. The first kappa shape index (κ1) is 21.1. The predicted molar refractivity (Wildman–Crippen MR) is 126 cm³/mol. The van der Waals surface area contributed by atoms with Crippen molar-refractivity contribution >= 4 is 34.0 Å². The fourth-order valence-electron chi connectivity index (χ4n) is 3.86. The number of rotatable bonds is 7. The summed E-state index contributed by atoms with van der Waals surface area (Å²) in [5, 5.41) is 24.8. The van der Waals surface area contributed by atoms with Gasteiger partial charge in [-0.15, -0.1) is 5.10 Å². The second-order valence-corrected chi connectivity index (χ2v) is 8.75. The topological polar surface area (TPSA) is 115 Å². The Hall–Kier alpha value is -3.79. The SMILES string of the molecule is Cc1n[nH]c(C)c1CCc1nc2c3ccccc3nc(SCc3cccc([N+](=O)[O-])c3)n2n1. The summed E-state index contributed by atoms with van der Waals surface area (Å²) < 4.78 is 1.79. The highest BCUT2D eigenvalue weighted by molar-refractivity contribution is 7.98. The third-order valence-electron chi connectivity index (χ3n) is 5.56. The molecule has 0 spiro atoms. The van der Waals surface area contributed by atoms with Gasteiger partial charge < -0.3 is 0 Å². The number of nitrogens with zero attached hydrogens (tertiary/aromatic N) is 6. The number of nitro groups is 1. The monoisotopic (exact) mass is 459 g/mol. The minimum Gasteiger partial charge on any atom is -0.282 e. The number of nitrogens with one attached hydrogen (secondary N) is 1. The number of H-pyrrole nitrogens is 1. The smallest absolute Gasteiger partial charge is 0.269 e. The fraction of sp³-hybridized carbons (Fsp3) is 0.217. The van der Waals surface area contributed by atoms with E-state index in [1.807, 2.05) is 44.2 Å². The maximum atomic E-state index is 11.1. The van der Waals surface area contributed by atoms with E-state index in [2.05, 4.69) is 10.2 Å². The molecule has 0 saturated carbocycles. The summed E-state index contributed by atoms with van der Waals surface area (Å²) in [7, 11) is 0. The lowest BCUT2D eigenvalue weighted by Gasteiger charge is -2.06. The summed E-state index contributed by atoms with van der Waals surface area (Å²) in [4.78, 5) is 20.4. The van der Waals surface area contributed by atoms with E-state index in [-0.39, 0.29) is 10.6 Å². The van der Waals surface area contributed by atoms with E-state index in [1.54, 1.807) is 16.6 Å². The second kappa shape index (κ2) is 8.62. The van der Waals surface area contributed by atoms with Crippen LogP contribution in [0.2, 0.25) is 0 Å². The number of aromatic nitrogens is 6. The van der Waals surface area contributed by atoms with Crippen molar-refractivity contribution in [2.24, 2.45) is 0 Å². The zero-order chi connectivity index (χ0) is 22.9. The summed E-state index contributed by atoms with van der Waals surface area (Å²) in [6, 6.07) is 14.5. The van der Waals surface area contributed by atoms with Gasteiger partial charge in [-0.05, 0) is 43.5 Å². The second-order valence-electron chi connectivity index (χ2n) is 7.80. The molecule has 10 heteroatoms. The molecule has 0 atom stereocenters. The van der Waals surface area contributed by atoms with Gasteiger partial charge in [0.2, 0.25) is 0 Å². The quantitative estimate of drug-likeness (QED) is 0.164. The van der Waals surface area contributed by atoms with Crippen molar-refractivity contribution in [1.29, 1.82) is 0 Å². The number of non-ortho nitro benzene ring substituents is 1. The van der Waals surface area contributed by atoms with Gasteiger partial charge in [-0.3, -0.25) is 15.2 Å². The molecule has 0 aliphatic heterocycles. The Morgan fingerprint density at radius 1 is 1.09 bits per heavy atom. The molecule has 33 heavy (non-hydrogen) atoms. The van der Waals surface area contributed by atoms with Gasteiger partial charge in [0.1, 0.15) is 0 Å². The minimum atomic E-state index is -0.381. The van der Waals surface area contributed by atoms with Gasteiger partial charge >= 0.3 is 0 Å². The highest BCUT2D eigenvalue weighted by Crippen LogP contribution is 2.27. The van der Waals surface area contributed by atoms with Crippen molar-refractivity contribution in [3.63, 3.8) is 0 Å². The van der Waals surface area contributed by atoms with E-state index in [1.165, 1.54) is 23.4 Å².